The minimum atomic E-state index is 0.309. The Balaban J connectivity index is 1.86. The van der Waals surface area contributed by atoms with Crippen molar-refractivity contribution in [2.45, 2.75) is 24.4 Å². The van der Waals surface area contributed by atoms with Crippen molar-refractivity contribution in [1.29, 1.82) is 0 Å². The molecule has 16 heavy (non-hydrogen) atoms. The average molecular weight is 210 g/mol. The summed E-state index contributed by atoms with van der Waals surface area (Å²) < 4.78 is 11.4. The molecule has 4 atom stereocenters. The first kappa shape index (κ1) is 7.82. The summed E-state index contributed by atoms with van der Waals surface area (Å²) in [5, 5.41) is 2.60. The van der Waals surface area contributed by atoms with E-state index in [2.05, 4.69) is 36.4 Å². The number of epoxide rings is 2. The first-order valence-corrected chi connectivity index (χ1v) is 5.75. The molecule has 0 N–H and O–H groups in total. The summed E-state index contributed by atoms with van der Waals surface area (Å²) in [5.41, 5.74) is 2.70. The van der Waals surface area contributed by atoms with Gasteiger partial charge in [-0.3, -0.25) is 0 Å². The van der Waals surface area contributed by atoms with E-state index in [4.69, 9.17) is 9.47 Å². The Hall–Kier alpha value is -1.38. The van der Waals surface area contributed by atoms with E-state index in [9.17, 15) is 0 Å². The number of rotatable bonds is 0. The molecule has 2 aromatic carbocycles. The van der Waals surface area contributed by atoms with Gasteiger partial charge in [0.15, 0.2) is 0 Å². The fourth-order valence-corrected chi connectivity index (χ4v) is 3.02. The van der Waals surface area contributed by atoms with Gasteiger partial charge < -0.3 is 9.47 Å². The highest BCUT2D eigenvalue weighted by Gasteiger charge is 2.63. The zero-order valence-corrected chi connectivity index (χ0v) is 8.59. The van der Waals surface area contributed by atoms with Crippen LogP contribution in [-0.4, -0.2) is 12.2 Å². The van der Waals surface area contributed by atoms with E-state index in [1.807, 2.05) is 0 Å². The predicted molar refractivity (Wildman–Crippen MR) is 59.2 cm³/mol. The van der Waals surface area contributed by atoms with Crippen molar-refractivity contribution in [2.24, 2.45) is 0 Å². The third-order valence-corrected chi connectivity index (χ3v) is 3.94. The minimum Gasteiger partial charge on any atom is -0.362 e. The molecule has 0 bridgehead atoms. The fraction of sp³-hybridized carbons (Fsp3) is 0.286. The third kappa shape index (κ3) is 0.819. The second-order valence-corrected chi connectivity index (χ2v) is 4.87. The van der Waals surface area contributed by atoms with Crippen LogP contribution in [0.25, 0.3) is 10.8 Å². The van der Waals surface area contributed by atoms with E-state index in [0.717, 1.165) is 0 Å². The summed E-state index contributed by atoms with van der Waals surface area (Å²) in [6, 6.07) is 13.0. The number of ether oxygens (including phenoxy) is 2. The summed E-state index contributed by atoms with van der Waals surface area (Å²) in [4.78, 5) is 0. The molecule has 0 radical (unpaired) electrons. The van der Waals surface area contributed by atoms with Gasteiger partial charge in [0.1, 0.15) is 24.4 Å². The number of benzene rings is 2. The molecule has 2 fully saturated rings. The maximum Gasteiger partial charge on any atom is 0.118 e. The molecule has 2 aliphatic heterocycles. The molecular weight excluding hydrogens is 200 g/mol. The van der Waals surface area contributed by atoms with Gasteiger partial charge in [-0.05, 0) is 34.0 Å². The van der Waals surface area contributed by atoms with E-state index in [1.165, 1.54) is 21.9 Å². The summed E-state index contributed by atoms with van der Waals surface area (Å²) in [6.07, 6.45) is 1.31. The zero-order chi connectivity index (χ0) is 10.3. The van der Waals surface area contributed by atoms with Gasteiger partial charge in [0, 0.05) is 0 Å². The Morgan fingerprint density at radius 2 is 1.25 bits per heavy atom. The lowest BCUT2D eigenvalue weighted by Crippen LogP contribution is -2.07. The molecule has 0 amide bonds. The molecule has 3 aliphatic rings. The topological polar surface area (TPSA) is 25.1 Å². The smallest absolute Gasteiger partial charge is 0.118 e. The van der Waals surface area contributed by atoms with Gasteiger partial charge in [-0.1, -0.05) is 24.3 Å². The normalized spacial score (nSPS) is 37.5. The zero-order valence-electron chi connectivity index (χ0n) is 8.59. The van der Waals surface area contributed by atoms with Gasteiger partial charge in [0.25, 0.3) is 0 Å². The molecule has 2 saturated heterocycles. The second kappa shape index (κ2) is 2.31. The Morgan fingerprint density at radius 1 is 0.750 bits per heavy atom. The van der Waals surface area contributed by atoms with Crippen LogP contribution in [0.2, 0.25) is 0 Å². The Morgan fingerprint density at radius 3 is 1.75 bits per heavy atom. The van der Waals surface area contributed by atoms with E-state index < -0.39 is 0 Å². The maximum atomic E-state index is 5.68. The lowest BCUT2D eigenvalue weighted by Gasteiger charge is -2.10. The van der Waals surface area contributed by atoms with Crippen LogP contribution in [0.1, 0.15) is 23.3 Å². The highest BCUT2D eigenvalue weighted by molar-refractivity contribution is 5.84. The van der Waals surface area contributed by atoms with Gasteiger partial charge in [0.2, 0.25) is 0 Å². The van der Waals surface area contributed by atoms with Gasteiger partial charge in [0.05, 0.1) is 0 Å². The first-order valence-electron chi connectivity index (χ1n) is 5.75. The van der Waals surface area contributed by atoms with Crippen LogP contribution in [0.5, 0.6) is 0 Å². The maximum absolute atomic E-state index is 5.68. The molecule has 5 rings (SSSR count). The molecule has 2 heterocycles. The van der Waals surface area contributed by atoms with Crippen molar-refractivity contribution >= 4 is 10.8 Å². The van der Waals surface area contributed by atoms with Crippen molar-refractivity contribution in [3.05, 3.63) is 47.5 Å². The molecule has 1 aliphatic carbocycles. The van der Waals surface area contributed by atoms with Crippen molar-refractivity contribution < 1.29 is 9.47 Å². The molecule has 0 spiro atoms. The van der Waals surface area contributed by atoms with Crippen LogP contribution in [0.15, 0.2) is 36.4 Å². The lowest BCUT2D eigenvalue weighted by molar-refractivity contribution is 0.304. The van der Waals surface area contributed by atoms with Crippen LogP contribution in [-0.2, 0) is 9.47 Å². The van der Waals surface area contributed by atoms with Crippen molar-refractivity contribution in [1.82, 2.24) is 0 Å². The number of fused-ring (bicyclic) bond motifs is 7. The van der Waals surface area contributed by atoms with E-state index >= 15 is 0 Å². The van der Waals surface area contributed by atoms with Crippen LogP contribution < -0.4 is 0 Å². The van der Waals surface area contributed by atoms with Gasteiger partial charge >= 0.3 is 0 Å². The summed E-state index contributed by atoms with van der Waals surface area (Å²) >= 11 is 0. The van der Waals surface area contributed by atoms with E-state index in [0.29, 0.717) is 24.4 Å². The largest absolute Gasteiger partial charge is 0.362 e. The van der Waals surface area contributed by atoms with Crippen molar-refractivity contribution in [3.63, 3.8) is 0 Å². The molecule has 78 valence electrons. The molecule has 2 nitrogen and oxygen atoms in total. The number of hydrogen-bond donors (Lipinski definition) is 0. The Kier molecular flexibility index (Phi) is 1.13. The van der Waals surface area contributed by atoms with E-state index in [-0.39, 0.29) is 0 Å². The standard InChI is InChI=1S/C14H10O2/c1-2-4-8-6-10-9(5-7(8)3-1)11-13(15-11)14-12(10)16-14/h1-6,11-14H. The molecule has 4 unspecified atom stereocenters. The molecule has 0 aromatic heterocycles. The van der Waals surface area contributed by atoms with Crippen molar-refractivity contribution in [2.75, 3.05) is 0 Å². The van der Waals surface area contributed by atoms with Gasteiger partial charge in [-0.2, -0.15) is 0 Å². The summed E-state index contributed by atoms with van der Waals surface area (Å²) in [5.74, 6) is 0. The van der Waals surface area contributed by atoms with Gasteiger partial charge in [-0.25, -0.2) is 0 Å². The van der Waals surface area contributed by atoms with Crippen molar-refractivity contribution in [3.8, 4) is 0 Å². The monoisotopic (exact) mass is 210 g/mol. The molecule has 2 heteroatoms. The third-order valence-electron chi connectivity index (χ3n) is 3.94. The summed E-state index contributed by atoms with van der Waals surface area (Å²) in [7, 11) is 0. The fourth-order valence-electron chi connectivity index (χ4n) is 3.02. The SMILES string of the molecule is c1ccc2cc3c(cc2c1)C1OC1C1OC31. The number of hydrogen-bond acceptors (Lipinski definition) is 2. The van der Waals surface area contributed by atoms with Crippen LogP contribution in [0.4, 0.5) is 0 Å². The quantitative estimate of drug-likeness (QED) is 0.624. The highest BCUT2D eigenvalue weighted by Crippen LogP contribution is 2.60. The molecule has 2 aromatic rings. The summed E-state index contributed by atoms with van der Waals surface area (Å²) in [6.45, 7) is 0. The van der Waals surface area contributed by atoms with Crippen LogP contribution in [0.3, 0.4) is 0 Å². The first-order chi connectivity index (χ1) is 7.92. The lowest BCUT2D eigenvalue weighted by atomic mass is 9.89. The molecule has 0 saturated carbocycles. The molecular formula is C14H10O2. The Labute approximate surface area is 92.8 Å². The highest BCUT2D eigenvalue weighted by atomic mass is 16.7. The predicted octanol–water partition coefficient (Wildman–Crippen LogP) is 2.73. The Bertz CT molecular complexity index is 565. The average Bonchev–Trinajstić information content (AvgIpc) is 3.16. The van der Waals surface area contributed by atoms with Crippen LogP contribution in [0, 0.1) is 0 Å². The van der Waals surface area contributed by atoms with Crippen LogP contribution >= 0.6 is 0 Å². The van der Waals surface area contributed by atoms with E-state index in [1.54, 1.807) is 0 Å². The van der Waals surface area contributed by atoms with Gasteiger partial charge in [-0.15, -0.1) is 0 Å². The second-order valence-electron chi connectivity index (χ2n) is 4.87. The minimum absolute atomic E-state index is 0.309.